The molecule has 3 rings (SSSR count). The number of thiazole rings is 1. The van der Waals surface area contributed by atoms with E-state index >= 15 is 0 Å². The number of nitrogens with zero attached hydrogens (tertiary/aromatic N) is 1. The summed E-state index contributed by atoms with van der Waals surface area (Å²) in [6.07, 6.45) is 2.44. The van der Waals surface area contributed by atoms with Crippen LogP contribution in [-0.4, -0.2) is 17.1 Å². The van der Waals surface area contributed by atoms with E-state index in [1.165, 1.54) is 11.3 Å². The molecule has 2 heterocycles. The van der Waals surface area contributed by atoms with Crippen LogP contribution in [0.5, 0.6) is 0 Å². The number of nitrogens with one attached hydrogen (secondary N) is 1. The first kappa shape index (κ1) is 13.6. The molecule has 102 valence electrons. The van der Waals surface area contributed by atoms with Crippen molar-refractivity contribution in [2.75, 3.05) is 11.6 Å². The Labute approximate surface area is 129 Å². The van der Waals surface area contributed by atoms with Gasteiger partial charge in [-0.25, -0.2) is 4.98 Å². The van der Waals surface area contributed by atoms with Crippen molar-refractivity contribution in [3.63, 3.8) is 0 Å². The smallest absolute Gasteiger partial charge is 0.231 e. The molecule has 2 aromatic heterocycles. The summed E-state index contributed by atoms with van der Waals surface area (Å²) in [4.78, 5) is 18.7. The molecule has 0 fully saturated rings. The van der Waals surface area contributed by atoms with Crippen molar-refractivity contribution >= 4 is 55.7 Å². The van der Waals surface area contributed by atoms with E-state index in [0.29, 0.717) is 11.6 Å². The molecule has 0 aliphatic carbocycles. The molecule has 3 aromatic rings. The van der Waals surface area contributed by atoms with Gasteiger partial charge in [-0.1, -0.05) is 23.5 Å². The van der Waals surface area contributed by atoms with Crippen LogP contribution in [0.3, 0.4) is 0 Å². The fraction of sp³-hybridized carbons (Fsp3) is 0.143. The number of aromatic nitrogens is 1. The largest absolute Gasteiger partial charge is 0.302 e. The summed E-state index contributed by atoms with van der Waals surface area (Å²) in [6.45, 7) is 0. The third-order valence-corrected chi connectivity index (χ3v) is 5.34. The Morgan fingerprint density at radius 3 is 3.00 bits per heavy atom. The summed E-state index contributed by atoms with van der Waals surface area (Å²) in [5.74, 6) is -0.0165. The van der Waals surface area contributed by atoms with E-state index < -0.39 is 0 Å². The van der Waals surface area contributed by atoms with Gasteiger partial charge in [-0.3, -0.25) is 4.79 Å². The Morgan fingerprint density at radius 2 is 2.25 bits per heavy atom. The van der Waals surface area contributed by atoms with E-state index in [1.54, 1.807) is 23.1 Å². The van der Waals surface area contributed by atoms with Gasteiger partial charge >= 0.3 is 0 Å². The molecule has 0 saturated carbocycles. The number of hydrogen-bond acceptors (Lipinski definition) is 5. The van der Waals surface area contributed by atoms with Gasteiger partial charge in [-0.15, -0.1) is 23.1 Å². The molecule has 0 saturated heterocycles. The molecule has 0 aliphatic rings. The van der Waals surface area contributed by atoms with Gasteiger partial charge in [0, 0.05) is 9.77 Å². The van der Waals surface area contributed by atoms with E-state index in [1.807, 2.05) is 42.0 Å². The molecule has 0 atom stereocenters. The highest BCUT2D eigenvalue weighted by atomic mass is 32.2. The fourth-order valence-electron chi connectivity index (χ4n) is 1.88. The lowest BCUT2D eigenvalue weighted by atomic mass is 10.3. The van der Waals surface area contributed by atoms with Gasteiger partial charge in [0.05, 0.1) is 16.6 Å². The maximum atomic E-state index is 12.0. The lowest BCUT2D eigenvalue weighted by molar-refractivity contribution is -0.115. The van der Waals surface area contributed by atoms with Crippen molar-refractivity contribution in [2.24, 2.45) is 0 Å². The molecular formula is C14H12N2OS3. The van der Waals surface area contributed by atoms with E-state index in [9.17, 15) is 4.79 Å². The van der Waals surface area contributed by atoms with E-state index in [-0.39, 0.29) is 5.91 Å². The minimum atomic E-state index is -0.0165. The molecule has 0 bridgehead atoms. The van der Waals surface area contributed by atoms with Crippen LogP contribution in [0.1, 0.15) is 4.88 Å². The summed E-state index contributed by atoms with van der Waals surface area (Å²) in [5, 5.41) is 5.53. The van der Waals surface area contributed by atoms with Crippen LogP contribution >= 0.6 is 34.4 Å². The molecule has 0 radical (unpaired) electrons. The van der Waals surface area contributed by atoms with Gasteiger partial charge in [0.2, 0.25) is 5.91 Å². The van der Waals surface area contributed by atoms with Crippen LogP contribution < -0.4 is 5.32 Å². The van der Waals surface area contributed by atoms with E-state index in [2.05, 4.69) is 10.3 Å². The zero-order chi connectivity index (χ0) is 13.9. The van der Waals surface area contributed by atoms with Crippen LogP contribution in [0, 0.1) is 0 Å². The molecule has 1 aromatic carbocycles. The van der Waals surface area contributed by atoms with Crippen molar-refractivity contribution in [2.45, 2.75) is 11.3 Å². The van der Waals surface area contributed by atoms with Crippen LogP contribution in [0.4, 0.5) is 5.13 Å². The third-order valence-electron chi connectivity index (χ3n) is 2.76. The van der Waals surface area contributed by atoms with Gasteiger partial charge in [0.25, 0.3) is 0 Å². The predicted octanol–water partition coefficient (Wildman–Crippen LogP) is 4.26. The van der Waals surface area contributed by atoms with Crippen LogP contribution in [0.25, 0.3) is 10.2 Å². The number of anilines is 1. The average Bonchev–Trinajstić information content (AvgIpc) is 3.06. The molecule has 3 nitrogen and oxygen atoms in total. The molecule has 0 aliphatic heterocycles. The second kappa shape index (κ2) is 5.95. The summed E-state index contributed by atoms with van der Waals surface area (Å²) >= 11 is 4.77. The van der Waals surface area contributed by atoms with E-state index in [4.69, 9.17) is 0 Å². The number of thioether (sulfide) groups is 1. The minimum absolute atomic E-state index is 0.0165. The first-order valence-corrected chi connectivity index (χ1v) is 8.94. The van der Waals surface area contributed by atoms with Gasteiger partial charge in [0.1, 0.15) is 0 Å². The summed E-state index contributed by atoms with van der Waals surface area (Å²) in [6, 6.07) is 10.0. The Bertz CT molecular complexity index is 734. The van der Waals surface area contributed by atoms with Crippen molar-refractivity contribution in [1.82, 2.24) is 4.98 Å². The molecular weight excluding hydrogens is 308 g/mol. The highest BCUT2D eigenvalue weighted by Crippen LogP contribution is 2.32. The number of para-hydroxylation sites is 1. The lowest BCUT2D eigenvalue weighted by Crippen LogP contribution is -2.13. The van der Waals surface area contributed by atoms with Crippen molar-refractivity contribution in [1.29, 1.82) is 0 Å². The lowest BCUT2D eigenvalue weighted by Gasteiger charge is -1.99. The Balaban J connectivity index is 1.79. The summed E-state index contributed by atoms with van der Waals surface area (Å²) in [5.41, 5.74) is 0.969. The van der Waals surface area contributed by atoms with Gasteiger partial charge in [0.15, 0.2) is 5.13 Å². The van der Waals surface area contributed by atoms with Crippen LogP contribution in [0.2, 0.25) is 0 Å². The highest BCUT2D eigenvalue weighted by Gasteiger charge is 2.11. The first-order chi connectivity index (χ1) is 9.76. The molecule has 6 heteroatoms. The topological polar surface area (TPSA) is 42.0 Å². The minimum Gasteiger partial charge on any atom is -0.302 e. The predicted molar refractivity (Wildman–Crippen MR) is 88.1 cm³/mol. The monoisotopic (exact) mass is 320 g/mol. The Kier molecular flexibility index (Phi) is 4.05. The van der Waals surface area contributed by atoms with Crippen molar-refractivity contribution in [3.8, 4) is 0 Å². The first-order valence-electron chi connectivity index (χ1n) is 6.02. The quantitative estimate of drug-likeness (QED) is 0.730. The number of amides is 1. The number of rotatable bonds is 4. The van der Waals surface area contributed by atoms with Gasteiger partial charge in [-0.2, -0.15) is 0 Å². The third kappa shape index (κ3) is 2.87. The second-order valence-corrected chi connectivity index (χ2v) is 7.04. The Hall–Kier alpha value is -1.37. The number of thiophene rings is 1. The van der Waals surface area contributed by atoms with Crippen molar-refractivity contribution in [3.05, 3.63) is 40.6 Å². The van der Waals surface area contributed by atoms with Crippen LogP contribution in [0.15, 0.2) is 40.6 Å². The number of carbonyl (C=O) groups is 1. The number of hydrogen-bond donors (Lipinski definition) is 1. The van der Waals surface area contributed by atoms with E-state index in [0.717, 1.165) is 20.0 Å². The van der Waals surface area contributed by atoms with Crippen LogP contribution in [-0.2, 0) is 11.2 Å². The average molecular weight is 320 g/mol. The fourth-order valence-corrected chi connectivity index (χ4v) is 4.12. The summed E-state index contributed by atoms with van der Waals surface area (Å²) in [7, 11) is 0. The normalized spacial score (nSPS) is 10.8. The highest BCUT2D eigenvalue weighted by molar-refractivity contribution is 7.98. The van der Waals surface area contributed by atoms with Gasteiger partial charge in [-0.05, 0) is 29.8 Å². The number of fused-ring (bicyclic) bond motifs is 1. The van der Waals surface area contributed by atoms with Gasteiger partial charge < -0.3 is 5.32 Å². The zero-order valence-electron chi connectivity index (χ0n) is 10.8. The standard InChI is InChI=1S/C14H12N2OS3/c1-18-10-5-2-6-11-13(10)16-14(20-11)15-12(17)8-9-4-3-7-19-9/h2-7H,8H2,1H3,(H,15,16,17). The maximum absolute atomic E-state index is 12.0. The SMILES string of the molecule is CSc1cccc2sc(NC(=O)Cc3cccs3)nc12. The van der Waals surface area contributed by atoms with Crippen molar-refractivity contribution < 1.29 is 4.79 Å². The molecule has 0 spiro atoms. The zero-order valence-corrected chi connectivity index (χ0v) is 13.2. The molecule has 0 unspecified atom stereocenters. The second-order valence-electron chi connectivity index (χ2n) is 4.13. The molecule has 20 heavy (non-hydrogen) atoms. The maximum Gasteiger partial charge on any atom is 0.231 e. The molecule has 1 N–H and O–H groups in total. The number of carbonyl (C=O) groups excluding carboxylic acids is 1. The number of benzene rings is 1. The summed E-state index contributed by atoms with van der Waals surface area (Å²) < 4.78 is 1.10. The Morgan fingerprint density at radius 1 is 1.35 bits per heavy atom. The molecule has 1 amide bonds.